The predicted molar refractivity (Wildman–Crippen MR) is 48.6 cm³/mol. The molecule has 0 fully saturated rings. The third-order valence-electron chi connectivity index (χ3n) is 1.95. The van der Waals surface area contributed by atoms with Gasteiger partial charge in [0, 0.05) is 12.8 Å². The summed E-state index contributed by atoms with van der Waals surface area (Å²) in [6.07, 6.45) is -31.0. The van der Waals surface area contributed by atoms with Crippen molar-refractivity contribution in [2.24, 2.45) is 0 Å². The number of alkyl halides is 10. The molecule has 0 saturated carbocycles. The summed E-state index contributed by atoms with van der Waals surface area (Å²) in [5.41, 5.74) is 0. The van der Waals surface area contributed by atoms with Crippen molar-refractivity contribution >= 4 is 0 Å². The second-order valence-electron chi connectivity index (χ2n) is 3.78. The first-order chi connectivity index (χ1) is 9.49. The van der Waals surface area contributed by atoms with E-state index in [9.17, 15) is 43.9 Å². The fourth-order valence-electron chi connectivity index (χ4n) is 0.795. The van der Waals surface area contributed by atoms with Crippen LogP contribution in [-0.4, -0.2) is 30.7 Å². The molecular formula is C9H10F10O3. The van der Waals surface area contributed by atoms with E-state index >= 15 is 0 Å². The summed E-state index contributed by atoms with van der Waals surface area (Å²) in [6, 6.07) is 0. The maximum absolute atomic E-state index is 12.8. The van der Waals surface area contributed by atoms with Crippen LogP contribution in [0.3, 0.4) is 0 Å². The Bertz CT molecular complexity index is 371. The molecule has 0 atom stereocenters. The van der Waals surface area contributed by atoms with Crippen molar-refractivity contribution in [2.45, 2.75) is 57.4 Å². The molecule has 0 spiro atoms. The normalized spacial score (nSPS) is 15.3. The number of halogens is 10. The van der Waals surface area contributed by atoms with E-state index < -0.39 is 43.6 Å². The highest BCUT2D eigenvalue weighted by atomic mass is 19.3. The molecule has 22 heavy (non-hydrogen) atoms. The van der Waals surface area contributed by atoms with Gasteiger partial charge < -0.3 is 0 Å². The third-order valence-corrected chi connectivity index (χ3v) is 1.95. The maximum Gasteiger partial charge on any atom is 0.495 e. The highest BCUT2D eigenvalue weighted by molar-refractivity contribution is 4.70. The van der Waals surface area contributed by atoms with Crippen molar-refractivity contribution in [3.63, 3.8) is 0 Å². The van der Waals surface area contributed by atoms with E-state index in [1.54, 1.807) is 0 Å². The number of rotatable bonds is 9. The molecule has 0 aromatic rings. The van der Waals surface area contributed by atoms with Gasteiger partial charge in [-0.2, -0.15) is 35.1 Å². The third kappa shape index (κ3) is 6.12. The van der Waals surface area contributed by atoms with Crippen LogP contribution in [0.2, 0.25) is 0 Å². The highest BCUT2D eigenvalue weighted by Gasteiger charge is 2.68. The van der Waals surface area contributed by atoms with Gasteiger partial charge >= 0.3 is 30.7 Å². The molecule has 0 aromatic carbocycles. The SMILES string of the molecule is CCC(F)(F)OC(F)(F)OC(F)(F)C(F)(F)OC(F)(F)CC. The molecule has 3 nitrogen and oxygen atoms in total. The second-order valence-corrected chi connectivity index (χ2v) is 3.78. The molecule has 0 unspecified atom stereocenters. The first-order valence-corrected chi connectivity index (χ1v) is 5.49. The average molecular weight is 356 g/mol. The molecule has 0 N–H and O–H groups in total. The monoisotopic (exact) mass is 356 g/mol. The Hall–Kier alpha value is -0.820. The van der Waals surface area contributed by atoms with Crippen molar-refractivity contribution in [3.05, 3.63) is 0 Å². The van der Waals surface area contributed by atoms with Gasteiger partial charge in [-0.15, -0.1) is 8.78 Å². The van der Waals surface area contributed by atoms with Gasteiger partial charge in [0.15, 0.2) is 0 Å². The molecule has 0 aliphatic rings. The lowest BCUT2D eigenvalue weighted by molar-refractivity contribution is -0.565. The number of ether oxygens (including phenoxy) is 3. The molecule has 0 aliphatic carbocycles. The highest BCUT2D eigenvalue weighted by Crippen LogP contribution is 2.45. The predicted octanol–water partition coefficient (Wildman–Crippen LogP) is 4.78. The van der Waals surface area contributed by atoms with Crippen LogP contribution in [0.15, 0.2) is 0 Å². The molecule has 0 aliphatic heterocycles. The Balaban J connectivity index is 5.14. The molecule has 13 heteroatoms. The lowest BCUT2D eigenvalue weighted by Gasteiger charge is -2.31. The fraction of sp³-hybridized carbons (Fsp3) is 1.00. The minimum atomic E-state index is -6.39. The van der Waals surface area contributed by atoms with Crippen LogP contribution >= 0.6 is 0 Å². The smallest absolute Gasteiger partial charge is 0.248 e. The van der Waals surface area contributed by atoms with E-state index in [4.69, 9.17) is 0 Å². The molecule has 0 aromatic heterocycles. The van der Waals surface area contributed by atoms with Crippen LogP contribution in [0.4, 0.5) is 43.9 Å². The van der Waals surface area contributed by atoms with Gasteiger partial charge in [0.1, 0.15) is 0 Å². The van der Waals surface area contributed by atoms with Crippen LogP contribution in [-0.2, 0) is 14.2 Å². The summed E-state index contributed by atoms with van der Waals surface area (Å²) in [4.78, 5) is 0. The van der Waals surface area contributed by atoms with Gasteiger partial charge in [0.05, 0.1) is 0 Å². The van der Waals surface area contributed by atoms with Crippen molar-refractivity contribution in [3.8, 4) is 0 Å². The first-order valence-electron chi connectivity index (χ1n) is 5.49. The van der Waals surface area contributed by atoms with Crippen LogP contribution in [0.1, 0.15) is 26.7 Å². The summed E-state index contributed by atoms with van der Waals surface area (Å²) >= 11 is 0. The Morgan fingerprint density at radius 2 is 0.864 bits per heavy atom. The largest absolute Gasteiger partial charge is 0.495 e. The zero-order chi connectivity index (χ0) is 18.0. The molecule has 0 heterocycles. The Kier molecular flexibility index (Phi) is 6.12. The van der Waals surface area contributed by atoms with Crippen LogP contribution in [0, 0.1) is 0 Å². The Morgan fingerprint density at radius 1 is 0.545 bits per heavy atom. The van der Waals surface area contributed by atoms with Crippen LogP contribution in [0.25, 0.3) is 0 Å². The van der Waals surface area contributed by atoms with E-state index in [-0.39, 0.29) is 0 Å². The van der Waals surface area contributed by atoms with Crippen molar-refractivity contribution < 1.29 is 58.1 Å². The lowest BCUT2D eigenvalue weighted by atomic mass is 10.4. The van der Waals surface area contributed by atoms with E-state index in [2.05, 4.69) is 14.2 Å². The number of hydrogen-bond donors (Lipinski definition) is 0. The summed E-state index contributed by atoms with van der Waals surface area (Å²) in [7, 11) is 0. The van der Waals surface area contributed by atoms with Crippen LogP contribution in [0.5, 0.6) is 0 Å². The van der Waals surface area contributed by atoms with Crippen molar-refractivity contribution in [1.29, 1.82) is 0 Å². The zero-order valence-electron chi connectivity index (χ0n) is 10.9. The van der Waals surface area contributed by atoms with E-state index in [0.717, 1.165) is 0 Å². The summed E-state index contributed by atoms with van der Waals surface area (Å²) in [6.45, 7) is 1.17. The Labute approximate surface area is 117 Å². The topological polar surface area (TPSA) is 27.7 Å². The van der Waals surface area contributed by atoms with Crippen molar-refractivity contribution in [1.82, 2.24) is 0 Å². The molecule has 0 saturated heterocycles. The molecule has 0 rings (SSSR count). The van der Waals surface area contributed by atoms with E-state index in [0.29, 0.717) is 13.8 Å². The summed E-state index contributed by atoms with van der Waals surface area (Å²) in [5, 5.41) is 0. The lowest BCUT2D eigenvalue weighted by Crippen LogP contribution is -2.53. The quantitative estimate of drug-likeness (QED) is 0.440. The van der Waals surface area contributed by atoms with E-state index in [1.165, 1.54) is 0 Å². The van der Waals surface area contributed by atoms with Gasteiger partial charge in [0.25, 0.3) is 0 Å². The zero-order valence-corrected chi connectivity index (χ0v) is 10.9. The minimum absolute atomic E-state index is 0.564. The molecule has 134 valence electrons. The van der Waals surface area contributed by atoms with Crippen LogP contribution < -0.4 is 0 Å². The van der Waals surface area contributed by atoms with E-state index in [1.807, 2.05) is 0 Å². The summed E-state index contributed by atoms with van der Waals surface area (Å²) in [5.74, 6) is 0. The summed E-state index contributed by atoms with van der Waals surface area (Å²) < 4.78 is 134. The Morgan fingerprint density at radius 3 is 1.23 bits per heavy atom. The van der Waals surface area contributed by atoms with Gasteiger partial charge in [-0.05, 0) is 0 Å². The maximum atomic E-state index is 12.8. The standard InChI is InChI=1S/C9H10F10O3/c1-3-5(10,11)20-7(14,15)8(16,17)22-9(18,19)21-6(12,13)4-2/h3-4H2,1-2H3. The second kappa shape index (κ2) is 6.35. The van der Waals surface area contributed by atoms with Gasteiger partial charge in [-0.3, -0.25) is 0 Å². The van der Waals surface area contributed by atoms with Gasteiger partial charge in [0.2, 0.25) is 0 Å². The molecular weight excluding hydrogens is 346 g/mol. The van der Waals surface area contributed by atoms with Gasteiger partial charge in [-0.1, -0.05) is 13.8 Å². The number of hydrogen-bond acceptors (Lipinski definition) is 3. The van der Waals surface area contributed by atoms with Gasteiger partial charge in [-0.25, -0.2) is 14.2 Å². The fourth-order valence-corrected chi connectivity index (χ4v) is 0.795. The molecule has 0 amide bonds. The first kappa shape index (κ1) is 21.2. The minimum Gasteiger partial charge on any atom is -0.248 e. The molecule has 0 bridgehead atoms. The van der Waals surface area contributed by atoms with Crippen molar-refractivity contribution in [2.75, 3.05) is 0 Å². The molecule has 0 radical (unpaired) electrons. The average Bonchev–Trinajstić information content (AvgIpc) is 2.24.